The molecule has 0 unspecified atom stereocenters. The Morgan fingerprint density at radius 3 is 2.53 bits per heavy atom. The molecule has 3 nitrogen and oxygen atoms in total. The molecule has 0 fully saturated rings. The van der Waals surface area contributed by atoms with Gasteiger partial charge in [-0.1, -0.05) is 30.3 Å². The van der Waals surface area contributed by atoms with Crippen LogP contribution in [0, 0.1) is 13.8 Å². The first-order chi connectivity index (χ1) is 7.25. The Hall–Kier alpha value is -1.90. The highest BCUT2D eigenvalue weighted by Gasteiger charge is 1.96. The SMILES string of the molecule is Cc1cc(C)n(/N=C/c2ccccc2)n1. The van der Waals surface area contributed by atoms with Crippen molar-refractivity contribution in [1.29, 1.82) is 0 Å². The van der Waals surface area contributed by atoms with Crippen LogP contribution in [-0.2, 0) is 0 Å². The van der Waals surface area contributed by atoms with E-state index in [1.165, 1.54) is 0 Å². The molecule has 0 N–H and O–H groups in total. The monoisotopic (exact) mass is 199 g/mol. The van der Waals surface area contributed by atoms with Crippen LogP contribution in [0.2, 0.25) is 0 Å². The van der Waals surface area contributed by atoms with Crippen molar-refractivity contribution in [2.75, 3.05) is 0 Å². The minimum absolute atomic E-state index is 0.984. The Morgan fingerprint density at radius 2 is 1.93 bits per heavy atom. The third-order valence-electron chi connectivity index (χ3n) is 2.10. The Kier molecular flexibility index (Phi) is 2.63. The van der Waals surface area contributed by atoms with Gasteiger partial charge in [-0.2, -0.15) is 15.0 Å². The molecule has 1 aromatic heterocycles. The van der Waals surface area contributed by atoms with E-state index in [1.807, 2.05) is 50.2 Å². The van der Waals surface area contributed by atoms with Crippen LogP contribution in [0.1, 0.15) is 17.0 Å². The van der Waals surface area contributed by atoms with E-state index in [1.54, 1.807) is 11.0 Å². The summed E-state index contributed by atoms with van der Waals surface area (Å²) in [5, 5.41) is 8.52. The van der Waals surface area contributed by atoms with E-state index < -0.39 is 0 Å². The van der Waals surface area contributed by atoms with E-state index in [4.69, 9.17) is 0 Å². The van der Waals surface area contributed by atoms with E-state index >= 15 is 0 Å². The predicted octanol–water partition coefficient (Wildman–Crippen LogP) is 2.38. The summed E-state index contributed by atoms with van der Waals surface area (Å²) in [5.41, 5.74) is 3.10. The van der Waals surface area contributed by atoms with Crippen molar-refractivity contribution >= 4 is 6.21 Å². The molecule has 0 radical (unpaired) electrons. The summed E-state index contributed by atoms with van der Waals surface area (Å²) >= 11 is 0. The van der Waals surface area contributed by atoms with E-state index in [0.29, 0.717) is 0 Å². The summed E-state index contributed by atoms with van der Waals surface area (Å²) in [6.07, 6.45) is 1.80. The maximum atomic E-state index is 4.28. The smallest absolute Gasteiger partial charge is 0.0618 e. The minimum Gasteiger partial charge on any atom is -0.158 e. The van der Waals surface area contributed by atoms with Gasteiger partial charge in [0.05, 0.1) is 17.6 Å². The third kappa shape index (κ3) is 2.31. The topological polar surface area (TPSA) is 30.2 Å². The van der Waals surface area contributed by atoms with Crippen LogP contribution in [0.25, 0.3) is 0 Å². The summed E-state index contributed by atoms with van der Waals surface area (Å²) in [4.78, 5) is 1.64. The van der Waals surface area contributed by atoms with Gasteiger partial charge in [-0.05, 0) is 25.5 Å². The largest absolute Gasteiger partial charge is 0.158 e. The van der Waals surface area contributed by atoms with Gasteiger partial charge in [0.15, 0.2) is 0 Å². The van der Waals surface area contributed by atoms with Gasteiger partial charge in [-0.25, -0.2) is 0 Å². The lowest BCUT2D eigenvalue weighted by Gasteiger charge is -1.94. The van der Waals surface area contributed by atoms with E-state index in [2.05, 4.69) is 10.2 Å². The fourth-order valence-corrected chi connectivity index (χ4v) is 1.39. The highest BCUT2D eigenvalue weighted by Crippen LogP contribution is 2.01. The zero-order chi connectivity index (χ0) is 10.7. The standard InChI is InChI=1S/C12H13N3/c1-10-8-11(2)15(14-10)13-9-12-6-4-3-5-7-12/h3-9H,1-2H3/b13-9+. The van der Waals surface area contributed by atoms with Gasteiger partial charge in [0, 0.05) is 0 Å². The lowest BCUT2D eigenvalue weighted by molar-refractivity contribution is 0.711. The van der Waals surface area contributed by atoms with Gasteiger partial charge in [0.1, 0.15) is 0 Å². The van der Waals surface area contributed by atoms with Crippen molar-refractivity contribution in [3.8, 4) is 0 Å². The van der Waals surface area contributed by atoms with Crippen LogP contribution in [0.5, 0.6) is 0 Å². The number of hydrogen-bond donors (Lipinski definition) is 0. The molecule has 76 valence electrons. The highest BCUT2D eigenvalue weighted by atomic mass is 15.5. The summed E-state index contributed by atoms with van der Waals surface area (Å²) in [5.74, 6) is 0. The molecule has 0 atom stereocenters. The molecule has 0 saturated heterocycles. The number of hydrogen-bond acceptors (Lipinski definition) is 2. The third-order valence-corrected chi connectivity index (χ3v) is 2.10. The molecule has 1 heterocycles. The Morgan fingerprint density at radius 1 is 1.20 bits per heavy atom. The van der Waals surface area contributed by atoms with Crippen LogP contribution in [0.3, 0.4) is 0 Å². The maximum Gasteiger partial charge on any atom is 0.0618 e. The molecule has 15 heavy (non-hydrogen) atoms. The molecule has 0 saturated carbocycles. The zero-order valence-electron chi connectivity index (χ0n) is 8.88. The molecule has 0 amide bonds. The summed E-state index contributed by atoms with van der Waals surface area (Å²) < 4.78 is 0. The number of aryl methyl sites for hydroxylation is 2. The van der Waals surface area contributed by atoms with Crippen LogP contribution in [0.4, 0.5) is 0 Å². The first-order valence-corrected chi connectivity index (χ1v) is 4.88. The first kappa shape index (κ1) is 9.65. The Labute approximate surface area is 89.1 Å². The van der Waals surface area contributed by atoms with E-state index in [-0.39, 0.29) is 0 Å². The van der Waals surface area contributed by atoms with Crippen LogP contribution in [0.15, 0.2) is 41.5 Å². The normalized spacial score (nSPS) is 11.1. The van der Waals surface area contributed by atoms with Gasteiger partial charge in [0.25, 0.3) is 0 Å². The zero-order valence-corrected chi connectivity index (χ0v) is 8.88. The van der Waals surface area contributed by atoms with Crippen LogP contribution >= 0.6 is 0 Å². The molecule has 2 aromatic rings. The molecule has 0 bridgehead atoms. The molecular weight excluding hydrogens is 186 g/mol. The number of nitrogens with zero attached hydrogens (tertiary/aromatic N) is 3. The molecule has 3 heteroatoms. The van der Waals surface area contributed by atoms with Crippen molar-refractivity contribution in [2.24, 2.45) is 5.10 Å². The lowest BCUT2D eigenvalue weighted by atomic mass is 10.2. The second-order valence-corrected chi connectivity index (χ2v) is 3.47. The van der Waals surface area contributed by atoms with Crippen molar-refractivity contribution in [2.45, 2.75) is 13.8 Å². The molecular formula is C12H13N3. The van der Waals surface area contributed by atoms with Crippen molar-refractivity contribution in [3.63, 3.8) is 0 Å². The van der Waals surface area contributed by atoms with Gasteiger partial charge < -0.3 is 0 Å². The van der Waals surface area contributed by atoms with Gasteiger partial charge >= 0.3 is 0 Å². The maximum absolute atomic E-state index is 4.28. The summed E-state index contributed by atoms with van der Waals surface area (Å²) in [6, 6.07) is 12.0. The second-order valence-electron chi connectivity index (χ2n) is 3.47. The average Bonchev–Trinajstić information content (AvgIpc) is 2.56. The van der Waals surface area contributed by atoms with Crippen LogP contribution < -0.4 is 0 Å². The lowest BCUT2D eigenvalue weighted by Crippen LogP contribution is -1.95. The highest BCUT2D eigenvalue weighted by molar-refractivity contribution is 5.79. The molecule has 0 spiro atoms. The van der Waals surface area contributed by atoms with E-state index in [0.717, 1.165) is 17.0 Å². The second kappa shape index (κ2) is 4.09. The number of aromatic nitrogens is 2. The van der Waals surface area contributed by atoms with E-state index in [9.17, 15) is 0 Å². The molecule has 2 rings (SSSR count). The Balaban J connectivity index is 2.22. The van der Waals surface area contributed by atoms with Gasteiger partial charge in [-0.15, -0.1) is 0 Å². The Bertz CT molecular complexity index is 469. The minimum atomic E-state index is 0.984. The quantitative estimate of drug-likeness (QED) is 0.683. The molecule has 1 aromatic carbocycles. The average molecular weight is 199 g/mol. The fraction of sp³-hybridized carbons (Fsp3) is 0.167. The number of benzene rings is 1. The van der Waals surface area contributed by atoms with Gasteiger partial charge in [-0.3, -0.25) is 0 Å². The van der Waals surface area contributed by atoms with Crippen molar-refractivity contribution in [3.05, 3.63) is 53.3 Å². The predicted molar refractivity (Wildman–Crippen MR) is 61.1 cm³/mol. The molecule has 0 aliphatic carbocycles. The number of rotatable bonds is 2. The van der Waals surface area contributed by atoms with Crippen molar-refractivity contribution in [1.82, 2.24) is 9.89 Å². The summed E-state index contributed by atoms with van der Waals surface area (Å²) in [7, 11) is 0. The van der Waals surface area contributed by atoms with Gasteiger partial charge in [0.2, 0.25) is 0 Å². The molecule has 0 aliphatic rings. The summed E-state index contributed by atoms with van der Waals surface area (Å²) in [6.45, 7) is 3.95. The first-order valence-electron chi connectivity index (χ1n) is 4.88. The fourth-order valence-electron chi connectivity index (χ4n) is 1.39. The van der Waals surface area contributed by atoms with Crippen LogP contribution in [-0.4, -0.2) is 16.1 Å². The van der Waals surface area contributed by atoms with Crippen molar-refractivity contribution < 1.29 is 0 Å². The molecule has 0 aliphatic heterocycles.